The second-order valence-electron chi connectivity index (χ2n) is 8.40. The van der Waals surface area contributed by atoms with E-state index in [1.807, 2.05) is 30.3 Å². The normalized spacial score (nSPS) is 21.4. The lowest BCUT2D eigenvalue weighted by molar-refractivity contribution is -0.121. The summed E-state index contributed by atoms with van der Waals surface area (Å²) in [6.45, 7) is 4.13. The molecule has 1 heterocycles. The molecule has 4 rings (SSSR count). The summed E-state index contributed by atoms with van der Waals surface area (Å²) >= 11 is 16.1. The Labute approximate surface area is 188 Å². The van der Waals surface area contributed by atoms with Crippen LogP contribution in [0.3, 0.4) is 0 Å². The molecule has 2 aromatic carbocycles. The molecule has 1 atom stereocenters. The van der Waals surface area contributed by atoms with Crippen molar-refractivity contribution < 1.29 is 9.59 Å². The lowest BCUT2D eigenvalue weighted by Crippen LogP contribution is -2.43. The summed E-state index contributed by atoms with van der Waals surface area (Å²) in [6.07, 6.45) is 1.28. The molecule has 1 aliphatic heterocycles. The summed E-state index contributed by atoms with van der Waals surface area (Å²) in [7, 11) is 0. The van der Waals surface area contributed by atoms with Crippen LogP contribution in [-0.4, -0.2) is 11.7 Å². The number of rotatable bonds is 2. The maximum atomic E-state index is 13.4. The van der Waals surface area contributed by atoms with Crippen LogP contribution in [-0.2, 0) is 9.59 Å². The molecule has 1 unspecified atom stereocenters. The Morgan fingerprint density at radius 1 is 1.07 bits per heavy atom. The van der Waals surface area contributed by atoms with Gasteiger partial charge in [0.05, 0.1) is 5.69 Å². The highest BCUT2D eigenvalue weighted by molar-refractivity contribution is 9.10. The minimum absolute atomic E-state index is 0.0443. The van der Waals surface area contributed by atoms with Crippen LogP contribution < -0.4 is 4.90 Å². The lowest BCUT2D eigenvalue weighted by Gasteiger charge is -2.43. The van der Waals surface area contributed by atoms with Crippen molar-refractivity contribution in [2.45, 2.75) is 39.0 Å². The van der Waals surface area contributed by atoms with E-state index < -0.39 is 0 Å². The van der Waals surface area contributed by atoms with Crippen molar-refractivity contribution in [1.82, 2.24) is 0 Å². The maximum Gasteiger partial charge on any atom is 0.232 e. The average Bonchev–Trinajstić information content (AvgIpc) is 2.61. The minimum atomic E-state index is -0.357. The van der Waals surface area contributed by atoms with Gasteiger partial charge in [-0.15, -0.1) is 0 Å². The molecule has 2 aromatic rings. The molecule has 150 valence electrons. The van der Waals surface area contributed by atoms with Crippen molar-refractivity contribution >= 4 is 56.5 Å². The zero-order chi connectivity index (χ0) is 20.9. The first kappa shape index (κ1) is 20.6. The van der Waals surface area contributed by atoms with Gasteiger partial charge in [0.15, 0.2) is 5.78 Å². The molecule has 0 fully saturated rings. The Balaban J connectivity index is 1.94. The number of anilines is 1. The van der Waals surface area contributed by atoms with Crippen molar-refractivity contribution in [3.8, 4) is 0 Å². The Morgan fingerprint density at radius 2 is 1.79 bits per heavy atom. The third-order valence-corrected chi connectivity index (χ3v) is 6.81. The minimum Gasteiger partial charge on any atom is -0.294 e. The van der Waals surface area contributed by atoms with Gasteiger partial charge in [0.25, 0.3) is 0 Å². The number of carbonyl (C=O) groups is 2. The summed E-state index contributed by atoms with van der Waals surface area (Å²) in [6, 6.07) is 12.9. The zero-order valence-corrected chi connectivity index (χ0v) is 19.2. The number of hydrogen-bond acceptors (Lipinski definition) is 2. The second-order valence-corrected chi connectivity index (χ2v) is 10.1. The first-order valence-electron chi connectivity index (χ1n) is 9.46. The molecule has 29 heavy (non-hydrogen) atoms. The summed E-state index contributed by atoms with van der Waals surface area (Å²) < 4.78 is 0.819. The van der Waals surface area contributed by atoms with Crippen LogP contribution in [0.4, 0.5) is 5.69 Å². The molecular formula is C23H20BrCl2NO2. The fourth-order valence-corrected chi connectivity index (χ4v) is 5.38. The molecule has 0 bridgehead atoms. The standard InChI is InChI=1S/C23H20BrCl2NO2/c1-23(2)11-19-22(20(28)12-23)15(14-8-7-13(25)9-17(14)26)10-21(29)27(19)18-6-4-3-5-16(18)24/h3-9,15H,10-12H2,1-2H3. The number of ketones is 1. The molecule has 0 N–H and O–H groups in total. The van der Waals surface area contributed by atoms with Gasteiger partial charge in [0.1, 0.15) is 0 Å². The van der Waals surface area contributed by atoms with Gasteiger partial charge in [0, 0.05) is 44.5 Å². The van der Waals surface area contributed by atoms with Crippen molar-refractivity contribution in [1.29, 1.82) is 0 Å². The smallest absolute Gasteiger partial charge is 0.232 e. The number of Topliss-reactive ketones (excluding diaryl/α,β-unsaturated/α-hetero) is 1. The van der Waals surface area contributed by atoms with Crippen LogP contribution in [0.1, 0.15) is 44.6 Å². The predicted molar refractivity (Wildman–Crippen MR) is 120 cm³/mol. The molecule has 3 nitrogen and oxygen atoms in total. The predicted octanol–water partition coefficient (Wildman–Crippen LogP) is 6.92. The summed E-state index contributed by atoms with van der Waals surface area (Å²) in [4.78, 5) is 28.4. The van der Waals surface area contributed by atoms with Gasteiger partial charge in [-0.1, -0.05) is 55.2 Å². The van der Waals surface area contributed by atoms with Crippen LogP contribution in [0.25, 0.3) is 0 Å². The van der Waals surface area contributed by atoms with Gasteiger partial charge in [-0.05, 0) is 57.6 Å². The largest absolute Gasteiger partial charge is 0.294 e. The summed E-state index contributed by atoms with van der Waals surface area (Å²) in [5, 5.41) is 1.01. The van der Waals surface area contributed by atoms with Gasteiger partial charge in [-0.3, -0.25) is 14.5 Å². The van der Waals surface area contributed by atoms with Crippen molar-refractivity contribution in [2.75, 3.05) is 4.90 Å². The third-order valence-electron chi connectivity index (χ3n) is 5.57. The molecule has 0 radical (unpaired) electrons. The van der Waals surface area contributed by atoms with E-state index in [2.05, 4.69) is 29.8 Å². The van der Waals surface area contributed by atoms with E-state index >= 15 is 0 Å². The summed E-state index contributed by atoms with van der Waals surface area (Å²) in [5.41, 5.74) is 2.80. The third kappa shape index (κ3) is 3.78. The number of hydrogen-bond donors (Lipinski definition) is 0. The van der Waals surface area contributed by atoms with E-state index in [0.717, 1.165) is 21.4 Å². The van der Waals surface area contributed by atoms with E-state index in [-0.39, 0.29) is 29.4 Å². The number of nitrogens with zero attached hydrogens (tertiary/aromatic N) is 1. The average molecular weight is 493 g/mol. The highest BCUT2D eigenvalue weighted by Crippen LogP contribution is 2.50. The van der Waals surface area contributed by atoms with Crippen LogP contribution in [0.5, 0.6) is 0 Å². The molecule has 6 heteroatoms. The van der Waals surface area contributed by atoms with Crippen molar-refractivity contribution in [2.24, 2.45) is 5.41 Å². The van der Waals surface area contributed by atoms with Crippen molar-refractivity contribution in [3.63, 3.8) is 0 Å². The van der Waals surface area contributed by atoms with Gasteiger partial charge >= 0.3 is 0 Å². The van der Waals surface area contributed by atoms with E-state index in [0.29, 0.717) is 28.5 Å². The Bertz CT molecular complexity index is 1060. The molecule has 0 spiro atoms. The van der Waals surface area contributed by atoms with Crippen LogP contribution in [0.15, 0.2) is 58.2 Å². The zero-order valence-electron chi connectivity index (χ0n) is 16.1. The number of para-hydroxylation sites is 1. The number of amides is 1. The summed E-state index contributed by atoms with van der Waals surface area (Å²) in [5.74, 6) is -0.321. The SMILES string of the molecule is CC1(C)CC(=O)C2=C(C1)N(c1ccccc1Br)C(=O)CC2c1ccc(Cl)cc1Cl. The van der Waals surface area contributed by atoms with Crippen LogP contribution >= 0.6 is 39.1 Å². The van der Waals surface area contributed by atoms with Crippen LogP contribution in [0.2, 0.25) is 10.0 Å². The molecular weight excluding hydrogens is 473 g/mol. The highest BCUT2D eigenvalue weighted by Gasteiger charge is 2.45. The Morgan fingerprint density at radius 3 is 2.48 bits per heavy atom. The topological polar surface area (TPSA) is 37.4 Å². The first-order chi connectivity index (χ1) is 13.7. The maximum absolute atomic E-state index is 13.4. The van der Waals surface area contributed by atoms with Crippen molar-refractivity contribution in [3.05, 3.63) is 73.8 Å². The molecule has 1 amide bonds. The Kier molecular flexibility index (Phi) is 5.39. The van der Waals surface area contributed by atoms with E-state index in [9.17, 15) is 9.59 Å². The Hall–Kier alpha value is -1.62. The second kappa shape index (κ2) is 7.57. The van der Waals surface area contributed by atoms with E-state index in [4.69, 9.17) is 23.2 Å². The number of benzene rings is 2. The quantitative estimate of drug-likeness (QED) is 0.456. The van der Waals surface area contributed by atoms with Gasteiger partial charge in [-0.2, -0.15) is 0 Å². The van der Waals surface area contributed by atoms with Crippen LogP contribution in [0, 0.1) is 5.41 Å². The fraction of sp³-hybridized carbons (Fsp3) is 0.304. The number of allylic oxidation sites excluding steroid dienone is 2. The first-order valence-corrected chi connectivity index (χ1v) is 11.0. The molecule has 2 aliphatic rings. The molecule has 1 aliphatic carbocycles. The highest BCUT2D eigenvalue weighted by atomic mass is 79.9. The van der Waals surface area contributed by atoms with E-state index in [1.165, 1.54) is 0 Å². The van der Waals surface area contributed by atoms with Gasteiger partial charge in [-0.25, -0.2) is 0 Å². The number of halogens is 3. The lowest BCUT2D eigenvalue weighted by atomic mass is 9.69. The molecule has 0 saturated heterocycles. The fourth-order valence-electron chi connectivity index (χ4n) is 4.38. The molecule has 0 saturated carbocycles. The molecule has 0 aromatic heterocycles. The monoisotopic (exact) mass is 491 g/mol. The van der Waals surface area contributed by atoms with Gasteiger partial charge < -0.3 is 0 Å². The van der Waals surface area contributed by atoms with Gasteiger partial charge in [0.2, 0.25) is 5.91 Å². The number of carbonyl (C=O) groups excluding carboxylic acids is 2. The van der Waals surface area contributed by atoms with E-state index in [1.54, 1.807) is 17.0 Å².